The van der Waals surface area contributed by atoms with Crippen LogP contribution in [0.4, 0.5) is 0 Å². The summed E-state index contributed by atoms with van der Waals surface area (Å²) in [4.78, 5) is 5.66. The molecule has 5 rings (SSSR count). The normalized spacial score (nSPS) is 11.1. The average molecular weight is 476 g/mol. The molecule has 166 valence electrons. The Morgan fingerprint density at radius 1 is 1.00 bits per heavy atom. The lowest BCUT2D eigenvalue weighted by atomic mass is 10.2. The average Bonchev–Trinajstić information content (AvgIpc) is 3.61. The Balaban J connectivity index is 1.37. The van der Waals surface area contributed by atoms with Gasteiger partial charge in [-0.3, -0.25) is 4.57 Å². The van der Waals surface area contributed by atoms with Gasteiger partial charge in [0.15, 0.2) is 11.0 Å². The Hall–Kier alpha value is -3.43. The molecule has 33 heavy (non-hydrogen) atoms. The lowest BCUT2D eigenvalue weighted by molar-refractivity contribution is 0.341. The van der Waals surface area contributed by atoms with Crippen LogP contribution in [0.3, 0.4) is 0 Å². The summed E-state index contributed by atoms with van der Waals surface area (Å²) in [6.07, 6.45) is 0. The summed E-state index contributed by atoms with van der Waals surface area (Å²) in [6, 6.07) is 22.1. The molecular weight excluding hydrogens is 454 g/mol. The monoisotopic (exact) mass is 475 g/mol. The molecule has 0 radical (unpaired) electrons. The third-order valence-corrected chi connectivity index (χ3v) is 6.68. The number of aromatic nitrogens is 5. The first kappa shape index (κ1) is 21.4. The molecule has 0 saturated heterocycles. The summed E-state index contributed by atoms with van der Waals surface area (Å²) in [6.45, 7) is 3.20. The fourth-order valence-electron chi connectivity index (χ4n) is 3.37. The molecule has 0 spiro atoms. The maximum Gasteiger partial charge on any atom is 0.237 e. The fraction of sp³-hybridized carbons (Fsp3) is 0.167. The minimum atomic E-state index is 0.487. The zero-order valence-electron chi connectivity index (χ0n) is 17.9. The zero-order valence-corrected chi connectivity index (χ0v) is 19.6. The number of ether oxygens (including phenoxy) is 1. The van der Waals surface area contributed by atoms with Crippen molar-refractivity contribution in [1.82, 2.24) is 24.9 Å². The van der Waals surface area contributed by atoms with Gasteiger partial charge in [0.25, 0.3) is 0 Å². The van der Waals surface area contributed by atoms with Gasteiger partial charge in [0.05, 0.1) is 29.3 Å². The Labute approximate surface area is 199 Å². The lowest BCUT2D eigenvalue weighted by Crippen LogP contribution is -2.03. The van der Waals surface area contributed by atoms with E-state index >= 15 is 0 Å². The molecule has 0 aliphatic heterocycles. The van der Waals surface area contributed by atoms with Crippen LogP contribution < -0.4 is 4.74 Å². The van der Waals surface area contributed by atoms with Crippen molar-refractivity contribution in [3.05, 3.63) is 83.6 Å². The summed E-state index contributed by atoms with van der Waals surface area (Å²) in [5, 5.41) is 15.9. The maximum atomic E-state index is 5.69. The molecule has 3 heterocycles. The van der Waals surface area contributed by atoms with Crippen LogP contribution in [-0.4, -0.2) is 31.5 Å². The summed E-state index contributed by atoms with van der Waals surface area (Å²) >= 11 is 3.18. The smallest absolute Gasteiger partial charge is 0.237 e. The van der Waals surface area contributed by atoms with E-state index in [0.29, 0.717) is 30.6 Å². The minimum absolute atomic E-state index is 0.487. The van der Waals surface area contributed by atoms with E-state index in [1.165, 1.54) is 17.3 Å². The predicted octanol–water partition coefficient (Wildman–Crippen LogP) is 5.80. The highest BCUT2D eigenvalue weighted by atomic mass is 32.2. The third kappa shape index (κ3) is 4.84. The Kier molecular flexibility index (Phi) is 6.50. The fourth-order valence-corrected chi connectivity index (χ4v) is 4.87. The van der Waals surface area contributed by atoms with Crippen molar-refractivity contribution in [3.8, 4) is 27.8 Å². The Morgan fingerprint density at radius 2 is 1.85 bits per heavy atom. The Bertz CT molecular complexity index is 1320. The Morgan fingerprint density at radius 3 is 2.67 bits per heavy atom. The largest absolute Gasteiger partial charge is 0.493 e. The molecule has 0 bridgehead atoms. The maximum absolute atomic E-state index is 5.69. The van der Waals surface area contributed by atoms with E-state index in [9.17, 15) is 0 Å². The van der Waals surface area contributed by atoms with Crippen LogP contribution in [0.25, 0.3) is 22.1 Å². The van der Waals surface area contributed by atoms with E-state index in [2.05, 4.69) is 43.1 Å². The highest BCUT2D eigenvalue weighted by molar-refractivity contribution is 7.98. The topological polar surface area (TPSA) is 78.9 Å². The molecular formula is C24H21N5O2S2. The van der Waals surface area contributed by atoms with Gasteiger partial charge >= 0.3 is 0 Å². The third-order valence-electron chi connectivity index (χ3n) is 4.86. The van der Waals surface area contributed by atoms with E-state index in [-0.39, 0.29) is 0 Å². The van der Waals surface area contributed by atoms with E-state index < -0.39 is 0 Å². The minimum Gasteiger partial charge on any atom is -0.493 e. The van der Waals surface area contributed by atoms with Crippen molar-refractivity contribution in [2.45, 2.75) is 24.4 Å². The van der Waals surface area contributed by atoms with Crippen LogP contribution in [0.15, 0.2) is 81.8 Å². The van der Waals surface area contributed by atoms with Gasteiger partial charge in [0.1, 0.15) is 5.75 Å². The van der Waals surface area contributed by atoms with Gasteiger partial charge in [-0.05, 0) is 36.1 Å². The van der Waals surface area contributed by atoms with Gasteiger partial charge in [-0.2, -0.15) is 4.98 Å². The van der Waals surface area contributed by atoms with Gasteiger partial charge < -0.3 is 9.26 Å². The van der Waals surface area contributed by atoms with Crippen molar-refractivity contribution in [2.75, 3.05) is 6.61 Å². The molecule has 0 aliphatic carbocycles. The number of hydrogen-bond acceptors (Lipinski definition) is 8. The van der Waals surface area contributed by atoms with E-state index in [0.717, 1.165) is 27.2 Å². The number of thiophene rings is 1. The lowest BCUT2D eigenvalue weighted by Gasteiger charge is -2.09. The van der Waals surface area contributed by atoms with E-state index in [1.807, 2.05) is 60.8 Å². The molecule has 0 saturated carbocycles. The number of thioether (sulfide) groups is 1. The van der Waals surface area contributed by atoms with Crippen molar-refractivity contribution >= 4 is 23.1 Å². The van der Waals surface area contributed by atoms with Crippen molar-refractivity contribution in [2.24, 2.45) is 0 Å². The molecule has 2 aromatic carbocycles. The van der Waals surface area contributed by atoms with Gasteiger partial charge in [0.2, 0.25) is 11.7 Å². The SMILES string of the molecule is CCOc1ccccc1-c1noc(CSc2nnc(-c3cccs3)n2Cc2ccccc2)n1. The zero-order chi connectivity index (χ0) is 22.5. The second-order valence-corrected chi connectivity index (χ2v) is 8.97. The number of rotatable bonds is 9. The second-order valence-electron chi connectivity index (χ2n) is 7.08. The van der Waals surface area contributed by atoms with E-state index in [1.54, 1.807) is 11.3 Å². The quantitative estimate of drug-likeness (QED) is 0.249. The molecule has 0 N–H and O–H groups in total. The van der Waals surface area contributed by atoms with Crippen LogP contribution in [-0.2, 0) is 12.3 Å². The summed E-state index contributed by atoms with van der Waals surface area (Å²) in [5.74, 6) is 3.12. The standard InChI is InChI=1S/C24H21N5O2S2/c1-2-30-19-12-7-6-11-18(19)22-25-21(31-28-22)16-33-24-27-26-23(20-13-8-14-32-20)29(24)15-17-9-4-3-5-10-17/h3-14H,2,15-16H2,1H3. The number of para-hydroxylation sites is 1. The van der Waals surface area contributed by atoms with Gasteiger partial charge in [-0.1, -0.05) is 65.4 Å². The molecule has 9 heteroatoms. The van der Waals surface area contributed by atoms with Crippen LogP contribution >= 0.6 is 23.1 Å². The molecule has 7 nitrogen and oxygen atoms in total. The summed E-state index contributed by atoms with van der Waals surface area (Å²) in [7, 11) is 0. The number of nitrogens with zero attached hydrogens (tertiary/aromatic N) is 5. The summed E-state index contributed by atoms with van der Waals surface area (Å²) in [5.41, 5.74) is 2.00. The first-order valence-corrected chi connectivity index (χ1v) is 12.4. The second kappa shape index (κ2) is 10.0. The molecule has 3 aromatic heterocycles. The predicted molar refractivity (Wildman–Crippen MR) is 129 cm³/mol. The highest BCUT2D eigenvalue weighted by Crippen LogP contribution is 2.31. The molecule has 0 unspecified atom stereocenters. The molecule has 0 atom stereocenters. The molecule has 0 aliphatic rings. The van der Waals surface area contributed by atoms with Crippen molar-refractivity contribution in [3.63, 3.8) is 0 Å². The van der Waals surface area contributed by atoms with Crippen LogP contribution in [0.2, 0.25) is 0 Å². The van der Waals surface area contributed by atoms with Crippen LogP contribution in [0.5, 0.6) is 5.75 Å². The van der Waals surface area contributed by atoms with Gasteiger partial charge in [0, 0.05) is 0 Å². The molecule has 0 amide bonds. The first-order chi connectivity index (χ1) is 16.3. The van der Waals surface area contributed by atoms with Crippen LogP contribution in [0, 0.1) is 0 Å². The molecule has 0 fully saturated rings. The number of hydrogen-bond donors (Lipinski definition) is 0. The van der Waals surface area contributed by atoms with E-state index in [4.69, 9.17) is 9.26 Å². The first-order valence-electron chi connectivity index (χ1n) is 10.5. The number of benzene rings is 2. The van der Waals surface area contributed by atoms with Crippen molar-refractivity contribution < 1.29 is 9.26 Å². The van der Waals surface area contributed by atoms with Gasteiger partial charge in [-0.15, -0.1) is 21.5 Å². The summed E-state index contributed by atoms with van der Waals surface area (Å²) < 4.78 is 13.3. The highest BCUT2D eigenvalue weighted by Gasteiger charge is 2.18. The van der Waals surface area contributed by atoms with Gasteiger partial charge in [-0.25, -0.2) is 0 Å². The molecule has 5 aromatic rings. The van der Waals surface area contributed by atoms with Crippen molar-refractivity contribution in [1.29, 1.82) is 0 Å². The van der Waals surface area contributed by atoms with Crippen LogP contribution in [0.1, 0.15) is 18.4 Å².